The summed E-state index contributed by atoms with van der Waals surface area (Å²) in [6.45, 7) is 1.80. The van der Waals surface area contributed by atoms with Crippen LogP contribution in [0.3, 0.4) is 0 Å². The van der Waals surface area contributed by atoms with Crippen LogP contribution in [0.15, 0.2) is 36.9 Å². The van der Waals surface area contributed by atoms with Crippen LogP contribution in [0.25, 0.3) is 5.69 Å². The van der Waals surface area contributed by atoms with E-state index in [1.54, 1.807) is 24.1 Å². The van der Waals surface area contributed by atoms with E-state index in [1.165, 1.54) is 0 Å². The Morgan fingerprint density at radius 1 is 1.44 bits per heavy atom. The van der Waals surface area contributed by atoms with Gasteiger partial charge in [-0.3, -0.25) is 9.36 Å². The maximum absolute atomic E-state index is 11.6. The molecule has 0 aliphatic carbocycles. The van der Waals surface area contributed by atoms with Crippen LogP contribution in [0.4, 0.5) is 5.69 Å². The van der Waals surface area contributed by atoms with Crippen LogP contribution >= 0.6 is 0 Å². The Hall–Kier alpha value is -2.21. The standard InChI is InChI=1S/C12H15N5O/c1-9(13)5-12(18)16-10-3-2-4-11(6-10)17-7-14-15-8-17/h2-4,6-9H,5,13H2,1H3,(H,16,18). The topological polar surface area (TPSA) is 85.8 Å². The van der Waals surface area contributed by atoms with Gasteiger partial charge in [0.15, 0.2) is 0 Å². The van der Waals surface area contributed by atoms with Gasteiger partial charge in [0.05, 0.1) is 5.69 Å². The van der Waals surface area contributed by atoms with Gasteiger partial charge in [-0.25, -0.2) is 0 Å². The number of nitrogens with zero attached hydrogens (tertiary/aromatic N) is 3. The molecule has 1 aromatic carbocycles. The molecule has 0 bridgehead atoms. The van der Waals surface area contributed by atoms with E-state index in [2.05, 4.69) is 15.5 Å². The SMILES string of the molecule is CC(N)CC(=O)Nc1cccc(-n2cnnc2)c1. The minimum Gasteiger partial charge on any atom is -0.327 e. The maximum Gasteiger partial charge on any atom is 0.225 e. The van der Waals surface area contributed by atoms with Crippen molar-refractivity contribution in [2.24, 2.45) is 5.73 Å². The Labute approximate surface area is 105 Å². The van der Waals surface area contributed by atoms with Crippen LogP contribution < -0.4 is 11.1 Å². The van der Waals surface area contributed by atoms with Crippen LogP contribution in [0.5, 0.6) is 0 Å². The average molecular weight is 245 g/mol. The molecule has 6 heteroatoms. The van der Waals surface area contributed by atoms with Crippen LogP contribution in [-0.2, 0) is 4.79 Å². The molecule has 6 nitrogen and oxygen atoms in total. The number of anilines is 1. The van der Waals surface area contributed by atoms with Crippen molar-refractivity contribution in [3.63, 3.8) is 0 Å². The van der Waals surface area contributed by atoms with E-state index in [1.807, 2.05) is 24.3 Å². The second-order valence-corrected chi connectivity index (χ2v) is 4.15. The highest BCUT2D eigenvalue weighted by atomic mass is 16.1. The van der Waals surface area contributed by atoms with Crippen molar-refractivity contribution in [3.8, 4) is 5.69 Å². The summed E-state index contributed by atoms with van der Waals surface area (Å²) in [6.07, 6.45) is 3.50. The van der Waals surface area contributed by atoms with Crippen LogP contribution in [0.2, 0.25) is 0 Å². The molecule has 0 aliphatic heterocycles. The smallest absolute Gasteiger partial charge is 0.225 e. The van der Waals surface area contributed by atoms with Gasteiger partial charge in [-0.05, 0) is 25.1 Å². The highest BCUT2D eigenvalue weighted by Crippen LogP contribution is 2.14. The third-order valence-electron chi connectivity index (χ3n) is 2.35. The van der Waals surface area contributed by atoms with Crippen molar-refractivity contribution in [1.82, 2.24) is 14.8 Å². The van der Waals surface area contributed by atoms with Gasteiger partial charge in [0.1, 0.15) is 12.7 Å². The fourth-order valence-corrected chi connectivity index (χ4v) is 1.58. The number of hydrogen-bond donors (Lipinski definition) is 2. The molecule has 0 fully saturated rings. The maximum atomic E-state index is 11.6. The molecule has 94 valence electrons. The van der Waals surface area contributed by atoms with Gasteiger partial charge in [-0.1, -0.05) is 6.07 Å². The molecule has 2 aromatic rings. The predicted molar refractivity (Wildman–Crippen MR) is 68.3 cm³/mol. The molecule has 2 rings (SSSR count). The van der Waals surface area contributed by atoms with E-state index in [9.17, 15) is 4.79 Å². The Morgan fingerprint density at radius 2 is 2.17 bits per heavy atom. The highest BCUT2D eigenvalue weighted by molar-refractivity contribution is 5.91. The number of hydrogen-bond acceptors (Lipinski definition) is 4. The van der Waals surface area contributed by atoms with Gasteiger partial charge >= 0.3 is 0 Å². The Morgan fingerprint density at radius 3 is 2.83 bits per heavy atom. The first-order chi connectivity index (χ1) is 8.65. The van der Waals surface area contributed by atoms with Crippen molar-refractivity contribution in [1.29, 1.82) is 0 Å². The Bertz CT molecular complexity index is 521. The van der Waals surface area contributed by atoms with Gasteiger partial charge in [0, 0.05) is 18.2 Å². The minimum atomic E-state index is -0.147. The van der Waals surface area contributed by atoms with Gasteiger partial charge < -0.3 is 11.1 Å². The number of aromatic nitrogens is 3. The molecule has 3 N–H and O–H groups in total. The summed E-state index contributed by atoms with van der Waals surface area (Å²) in [7, 11) is 0. The Balaban J connectivity index is 2.11. The fourth-order valence-electron chi connectivity index (χ4n) is 1.58. The lowest BCUT2D eigenvalue weighted by Crippen LogP contribution is -2.23. The van der Waals surface area contributed by atoms with Crippen LogP contribution in [0, 0.1) is 0 Å². The summed E-state index contributed by atoms with van der Waals surface area (Å²) >= 11 is 0. The van der Waals surface area contributed by atoms with Gasteiger partial charge in [0.2, 0.25) is 5.91 Å². The third kappa shape index (κ3) is 3.14. The average Bonchev–Trinajstić information content (AvgIpc) is 2.81. The molecule has 0 spiro atoms. The predicted octanol–water partition coefficient (Wildman–Crippen LogP) is 0.943. The first-order valence-corrected chi connectivity index (χ1v) is 5.65. The molecule has 1 unspecified atom stereocenters. The number of rotatable bonds is 4. The minimum absolute atomic E-state index is 0.0918. The largest absolute Gasteiger partial charge is 0.327 e. The molecule has 0 aliphatic rings. The zero-order chi connectivity index (χ0) is 13.0. The lowest BCUT2D eigenvalue weighted by molar-refractivity contribution is -0.116. The number of carbonyl (C=O) groups excluding carboxylic acids is 1. The number of amides is 1. The molecular formula is C12H15N5O. The number of benzene rings is 1. The molecule has 1 aromatic heterocycles. The molecule has 1 atom stereocenters. The molecule has 0 saturated carbocycles. The van der Waals surface area contributed by atoms with Crippen molar-refractivity contribution < 1.29 is 4.79 Å². The number of nitrogens with two attached hydrogens (primary N) is 1. The van der Waals surface area contributed by atoms with Crippen molar-refractivity contribution >= 4 is 11.6 Å². The third-order valence-corrected chi connectivity index (χ3v) is 2.35. The number of nitrogens with one attached hydrogen (secondary N) is 1. The van der Waals surface area contributed by atoms with Crippen molar-refractivity contribution in [2.45, 2.75) is 19.4 Å². The second kappa shape index (κ2) is 5.42. The van der Waals surface area contributed by atoms with Gasteiger partial charge in [-0.2, -0.15) is 0 Å². The van der Waals surface area contributed by atoms with E-state index in [0.717, 1.165) is 11.4 Å². The molecule has 18 heavy (non-hydrogen) atoms. The second-order valence-electron chi connectivity index (χ2n) is 4.15. The van der Waals surface area contributed by atoms with E-state index in [0.29, 0.717) is 6.42 Å². The first kappa shape index (κ1) is 12.3. The quantitative estimate of drug-likeness (QED) is 0.839. The fraction of sp³-hybridized carbons (Fsp3) is 0.250. The first-order valence-electron chi connectivity index (χ1n) is 5.65. The zero-order valence-corrected chi connectivity index (χ0v) is 10.1. The summed E-state index contributed by atoms with van der Waals surface area (Å²) in [5, 5.41) is 10.3. The summed E-state index contributed by atoms with van der Waals surface area (Å²) in [5.41, 5.74) is 7.19. The molecule has 0 radical (unpaired) electrons. The summed E-state index contributed by atoms with van der Waals surface area (Å²) in [5.74, 6) is -0.0918. The summed E-state index contributed by atoms with van der Waals surface area (Å²) in [4.78, 5) is 11.6. The summed E-state index contributed by atoms with van der Waals surface area (Å²) in [6, 6.07) is 7.29. The van der Waals surface area contributed by atoms with Crippen LogP contribution in [-0.4, -0.2) is 26.7 Å². The highest BCUT2D eigenvalue weighted by Gasteiger charge is 2.06. The molecule has 0 saturated heterocycles. The van der Waals surface area contributed by atoms with E-state index in [4.69, 9.17) is 5.73 Å². The molecule has 1 heterocycles. The van der Waals surface area contributed by atoms with Crippen LogP contribution in [0.1, 0.15) is 13.3 Å². The van der Waals surface area contributed by atoms with E-state index >= 15 is 0 Å². The van der Waals surface area contributed by atoms with Gasteiger partial charge in [-0.15, -0.1) is 10.2 Å². The van der Waals surface area contributed by atoms with Crippen molar-refractivity contribution in [2.75, 3.05) is 5.32 Å². The van der Waals surface area contributed by atoms with Gasteiger partial charge in [0.25, 0.3) is 0 Å². The van der Waals surface area contributed by atoms with E-state index in [-0.39, 0.29) is 11.9 Å². The number of carbonyl (C=O) groups is 1. The lowest BCUT2D eigenvalue weighted by atomic mass is 10.2. The normalized spacial score (nSPS) is 12.1. The molecule has 1 amide bonds. The lowest BCUT2D eigenvalue weighted by Gasteiger charge is -2.08. The summed E-state index contributed by atoms with van der Waals surface area (Å²) < 4.78 is 1.77. The monoisotopic (exact) mass is 245 g/mol. The molecular weight excluding hydrogens is 230 g/mol. The Kier molecular flexibility index (Phi) is 3.69. The van der Waals surface area contributed by atoms with E-state index < -0.39 is 0 Å². The van der Waals surface area contributed by atoms with Crippen molar-refractivity contribution in [3.05, 3.63) is 36.9 Å². The zero-order valence-electron chi connectivity index (χ0n) is 10.1.